The van der Waals surface area contributed by atoms with E-state index in [1.807, 2.05) is 18.2 Å². The Hall–Kier alpha value is -5.29. The fraction of sp³-hybridized carbons (Fsp3) is 0. The van der Waals surface area contributed by atoms with Crippen LogP contribution in [-0.4, -0.2) is 26.5 Å². The molecule has 0 aliphatic heterocycles. The number of hydrogen-bond acceptors (Lipinski definition) is 3. The molecule has 38 heavy (non-hydrogen) atoms. The minimum Gasteiger partial charge on any atom is -0.355 e. The fourth-order valence-electron chi connectivity index (χ4n) is 5.65. The van der Waals surface area contributed by atoms with Gasteiger partial charge in [0.05, 0.1) is 16.6 Å². The zero-order chi connectivity index (χ0) is 25.4. The first kappa shape index (κ1) is 20.9. The van der Waals surface area contributed by atoms with Crippen molar-refractivity contribution in [1.82, 2.24) is 15.0 Å². The maximum Gasteiger partial charge on any atom is 0.196 e. The SMILES string of the molecule is O=C1c2ccccc2C(=O)c2c1ccc1nc(-c3ccc(-c4ccc5[nH]c6ccccc6c5c4)cc3)[nH]c21. The summed E-state index contributed by atoms with van der Waals surface area (Å²) in [6, 6.07) is 33.5. The minimum absolute atomic E-state index is 0.134. The van der Waals surface area contributed by atoms with Crippen molar-refractivity contribution < 1.29 is 9.59 Å². The monoisotopic (exact) mass is 489 g/mol. The van der Waals surface area contributed by atoms with Crippen LogP contribution in [0.25, 0.3) is 55.4 Å². The van der Waals surface area contributed by atoms with Crippen LogP contribution in [0.5, 0.6) is 0 Å². The summed E-state index contributed by atoms with van der Waals surface area (Å²) in [5.74, 6) is 0.370. The predicted octanol–water partition coefficient (Wildman–Crippen LogP) is 7.31. The van der Waals surface area contributed by atoms with Gasteiger partial charge in [0.1, 0.15) is 5.82 Å². The quantitative estimate of drug-likeness (QED) is 0.267. The van der Waals surface area contributed by atoms with Crippen molar-refractivity contribution in [3.05, 3.63) is 125 Å². The van der Waals surface area contributed by atoms with E-state index in [1.165, 1.54) is 10.8 Å². The number of aromatic amines is 2. The van der Waals surface area contributed by atoms with Crippen LogP contribution in [0.4, 0.5) is 0 Å². The standard InChI is InChI=1S/C33H19N3O2/c37-31-22-6-1-2-7-23(22)32(38)29-24(31)14-16-28-30(29)36-33(35-28)19-11-9-18(10-12-19)20-13-15-27-25(17-20)21-5-3-4-8-26(21)34-27/h1-17,34H,(H,35,36). The molecule has 0 fully saturated rings. The number of H-pyrrole nitrogens is 2. The van der Waals surface area contributed by atoms with Gasteiger partial charge in [0, 0.05) is 44.1 Å². The summed E-state index contributed by atoms with van der Waals surface area (Å²) in [5.41, 5.74) is 8.35. The number of para-hydroxylation sites is 1. The van der Waals surface area contributed by atoms with Gasteiger partial charge in [-0.15, -0.1) is 0 Å². The zero-order valence-corrected chi connectivity index (χ0v) is 20.1. The molecule has 1 aliphatic carbocycles. The first-order chi connectivity index (χ1) is 18.7. The van der Waals surface area contributed by atoms with E-state index in [2.05, 4.69) is 58.5 Å². The van der Waals surface area contributed by atoms with E-state index >= 15 is 0 Å². The molecule has 0 radical (unpaired) electrons. The third-order valence-corrected chi connectivity index (χ3v) is 7.54. The summed E-state index contributed by atoms with van der Waals surface area (Å²) in [7, 11) is 0. The number of carbonyl (C=O) groups excluding carboxylic acids is 2. The highest BCUT2D eigenvalue weighted by molar-refractivity contribution is 6.31. The molecule has 8 rings (SSSR count). The van der Waals surface area contributed by atoms with Gasteiger partial charge in [-0.05, 0) is 41.5 Å². The first-order valence-electron chi connectivity index (χ1n) is 12.5. The predicted molar refractivity (Wildman–Crippen MR) is 150 cm³/mol. The van der Waals surface area contributed by atoms with Crippen LogP contribution in [0.1, 0.15) is 31.8 Å². The van der Waals surface area contributed by atoms with Gasteiger partial charge in [-0.25, -0.2) is 4.98 Å². The third kappa shape index (κ3) is 2.90. The van der Waals surface area contributed by atoms with E-state index in [1.54, 1.807) is 36.4 Å². The van der Waals surface area contributed by atoms with Crippen LogP contribution < -0.4 is 0 Å². The number of fused-ring (bicyclic) bond motifs is 7. The Balaban J connectivity index is 1.19. The average Bonchev–Trinajstić information content (AvgIpc) is 3.57. The van der Waals surface area contributed by atoms with Gasteiger partial charge in [-0.3, -0.25) is 9.59 Å². The lowest BCUT2D eigenvalue weighted by Crippen LogP contribution is -2.21. The van der Waals surface area contributed by atoms with Crippen LogP contribution in [0.2, 0.25) is 0 Å². The summed E-state index contributed by atoms with van der Waals surface area (Å²) in [5, 5.41) is 2.41. The molecular formula is C33H19N3O2. The fourth-order valence-corrected chi connectivity index (χ4v) is 5.65. The molecule has 5 nitrogen and oxygen atoms in total. The Labute approximate surface area is 216 Å². The Kier molecular flexibility index (Phi) is 4.17. The van der Waals surface area contributed by atoms with Crippen molar-refractivity contribution in [3.8, 4) is 22.5 Å². The number of hydrogen-bond donors (Lipinski definition) is 2. The van der Waals surface area contributed by atoms with Crippen LogP contribution in [0.3, 0.4) is 0 Å². The Bertz CT molecular complexity index is 2110. The van der Waals surface area contributed by atoms with Crippen molar-refractivity contribution in [2.24, 2.45) is 0 Å². The zero-order valence-electron chi connectivity index (χ0n) is 20.1. The largest absolute Gasteiger partial charge is 0.355 e. The molecule has 2 heterocycles. The average molecular weight is 490 g/mol. The molecular weight excluding hydrogens is 470 g/mol. The highest BCUT2D eigenvalue weighted by Gasteiger charge is 2.31. The Morgan fingerprint density at radius 1 is 0.526 bits per heavy atom. The number of imidazole rings is 1. The van der Waals surface area contributed by atoms with Crippen LogP contribution in [0.15, 0.2) is 103 Å². The molecule has 0 saturated carbocycles. The van der Waals surface area contributed by atoms with E-state index in [-0.39, 0.29) is 11.6 Å². The molecule has 0 bridgehead atoms. The van der Waals surface area contributed by atoms with Crippen LogP contribution in [0, 0.1) is 0 Å². The summed E-state index contributed by atoms with van der Waals surface area (Å²) in [6.07, 6.45) is 0. The second kappa shape index (κ2) is 7.60. The van der Waals surface area contributed by atoms with Crippen LogP contribution in [-0.2, 0) is 0 Å². The van der Waals surface area contributed by atoms with Gasteiger partial charge >= 0.3 is 0 Å². The molecule has 0 unspecified atom stereocenters. The Morgan fingerprint density at radius 3 is 2.05 bits per heavy atom. The smallest absolute Gasteiger partial charge is 0.196 e. The van der Waals surface area contributed by atoms with E-state index in [9.17, 15) is 9.59 Å². The first-order valence-corrected chi connectivity index (χ1v) is 12.5. The summed E-state index contributed by atoms with van der Waals surface area (Å²) < 4.78 is 0. The van der Waals surface area contributed by atoms with Gasteiger partial charge in [0.15, 0.2) is 11.6 Å². The third-order valence-electron chi connectivity index (χ3n) is 7.54. The number of nitrogens with one attached hydrogen (secondary N) is 2. The van der Waals surface area contributed by atoms with Gasteiger partial charge in [0.2, 0.25) is 0 Å². The molecule has 1 aliphatic rings. The minimum atomic E-state index is -0.154. The summed E-state index contributed by atoms with van der Waals surface area (Å²) in [6.45, 7) is 0. The van der Waals surface area contributed by atoms with E-state index < -0.39 is 0 Å². The topological polar surface area (TPSA) is 78.6 Å². The number of rotatable bonds is 2. The second-order valence-corrected chi connectivity index (χ2v) is 9.68. The number of aromatic nitrogens is 3. The molecule has 0 amide bonds. The number of ketones is 2. The van der Waals surface area contributed by atoms with Gasteiger partial charge in [-0.2, -0.15) is 0 Å². The lowest BCUT2D eigenvalue weighted by Gasteiger charge is -2.17. The molecule has 0 saturated heterocycles. The Morgan fingerprint density at radius 2 is 1.21 bits per heavy atom. The summed E-state index contributed by atoms with van der Waals surface area (Å²) in [4.78, 5) is 38.0. The molecule has 0 atom stereocenters. The molecule has 7 aromatic rings. The van der Waals surface area contributed by atoms with Crippen molar-refractivity contribution in [2.45, 2.75) is 0 Å². The highest BCUT2D eigenvalue weighted by atomic mass is 16.1. The maximum atomic E-state index is 13.4. The van der Waals surface area contributed by atoms with Crippen molar-refractivity contribution >= 4 is 44.4 Å². The lowest BCUT2D eigenvalue weighted by atomic mass is 9.83. The maximum absolute atomic E-state index is 13.4. The van der Waals surface area contributed by atoms with E-state index in [0.717, 1.165) is 27.7 Å². The summed E-state index contributed by atoms with van der Waals surface area (Å²) >= 11 is 0. The van der Waals surface area contributed by atoms with E-state index in [4.69, 9.17) is 4.98 Å². The van der Waals surface area contributed by atoms with Gasteiger partial charge < -0.3 is 9.97 Å². The molecule has 0 spiro atoms. The molecule has 5 aromatic carbocycles. The molecule has 178 valence electrons. The second-order valence-electron chi connectivity index (χ2n) is 9.68. The van der Waals surface area contributed by atoms with E-state index in [0.29, 0.717) is 39.1 Å². The molecule has 2 N–H and O–H groups in total. The van der Waals surface area contributed by atoms with Crippen molar-refractivity contribution in [3.63, 3.8) is 0 Å². The van der Waals surface area contributed by atoms with Crippen molar-refractivity contribution in [2.75, 3.05) is 0 Å². The lowest BCUT2D eigenvalue weighted by molar-refractivity contribution is 0.0980. The highest BCUT2D eigenvalue weighted by Crippen LogP contribution is 2.34. The normalized spacial score (nSPS) is 12.8. The number of nitrogens with zero attached hydrogens (tertiary/aromatic N) is 1. The number of carbonyl (C=O) groups is 2. The van der Waals surface area contributed by atoms with Crippen molar-refractivity contribution in [1.29, 1.82) is 0 Å². The van der Waals surface area contributed by atoms with Gasteiger partial charge in [-0.1, -0.05) is 72.8 Å². The molecule has 2 aromatic heterocycles. The number of benzene rings is 5. The molecule has 5 heteroatoms. The van der Waals surface area contributed by atoms with Gasteiger partial charge in [0.25, 0.3) is 0 Å². The van der Waals surface area contributed by atoms with Crippen LogP contribution >= 0.6 is 0 Å².